The van der Waals surface area contributed by atoms with Crippen LogP contribution in [0.5, 0.6) is 0 Å². The van der Waals surface area contributed by atoms with Crippen LogP contribution < -0.4 is 108 Å². The molecule has 1 aliphatic carbocycles. The van der Waals surface area contributed by atoms with Crippen LogP contribution in [0.4, 0.5) is 0 Å². The van der Waals surface area contributed by atoms with Crippen molar-refractivity contribution in [3.05, 3.63) is 602 Å². The molecule has 0 fully saturated rings. The van der Waals surface area contributed by atoms with Gasteiger partial charge in [0, 0.05) is 11.1 Å². The van der Waals surface area contributed by atoms with Gasteiger partial charge in [-0.3, -0.25) is 4.79 Å². The largest absolute Gasteiger partial charge is 2.00 e. The van der Waals surface area contributed by atoms with Gasteiger partial charge in [0.25, 0.3) is 0 Å². The first kappa shape index (κ1) is 115. The van der Waals surface area contributed by atoms with E-state index in [9.17, 15) is 14.8 Å². The smallest absolute Gasteiger partial charge is 0.512 e. The summed E-state index contributed by atoms with van der Waals surface area (Å²) in [6.45, 7) is 34.9. The standard InChI is InChI=1S/3C36H30NP2.C16H24O5.5CN.Co/c3*1-7-19-31(20-8-1)38(32-21-9-2-10-22-32,33-23-11-3-12-24-33)37-39(34-25-13-4-14-26-34,35-27-15-5-16-28-35)36-29-17-6-18-30-36;1-14(2,3)10-8-16(21-19,13(18)20-7)9-11(12(10)17)15(4,5)6;5*1-2;/h3*1-30H;8-9,19H,1-7H3;;;;;;/q3*+1;;5*-1;+2. The molecule has 18 aromatic carbocycles. The molecule has 0 saturated heterocycles. The molecule has 0 bridgehead atoms. The molecule has 0 atom stereocenters. The Balaban J connectivity index is 0.000000201. The maximum atomic E-state index is 12.7. The van der Waals surface area contributed by atoms with Crippen molar-refractivity contribution >= 4 is 150 Å². The van der Waals surface area contributed by atoms with E-state index in [0.29, 0.717) is 11.1 Å². The van der Waals surface area contributed by atoms with Gasteiger partial charge in [0.1, 0.15) is 0 Å². The van der Waals surface area contributed by atoms with Crippen molar-refractivity contribution in [2.45, 2.75) is 47.1 Å². The van der Waals surface area contributed by atoms with Crippen molar-refractivity contribution in [2.24, 2.45) is 10.8 Å². The van der Waals surface area contributed by atoms with E-state index >= 15 is 0 Å². The monoisotopic (exact) mass is 2100 g/mol. The Labute approximate surface area is 890 Å². The summed E-state index contributed by atoms with van der Waals surface area (Å²) >= 11 is 0. The second-order valence-corrected chi connectivity index (χ2v) is 54.5. The Morgan fingerprint density at radius 3 is 0.389 bits per heavy atom. The molecular weight excluding hydrogens is 1990 g/mol. The topological polar surface area (TPSA) is 234 Å². The number of methoxy groups -OCH3 is 1. The van der Waals surface area contributed by atoms with Crippen molar-refractivity contribution in [1.82, 2.24) is 12.5 Å². The molecule has 1 aliphatic rings. The molecule has 1 radical (unpaired) electrons. The minimum absolute atomic E-state index is 0. The van der Waals surface area contributed by atoms with Gasteiger partial charge in [-0.1, -0.05) is 369 Å². The van der Waals surface area contributed by atoms with Crippen molar-refractivity contribution in [3.63, 3.8) is 0 Å². The molecule has 739 valence electrons. The molecule has 0 spiro atoms. The fraction of sp³-hybridized carbons (Fsp3) is 0.0775. The van der Waals surface area contributed by atoms with Crippen molar-refractivity contribution < 1.29 is 41.2 Å². The predicted molar refractivity (Wildman–Crippen MR) is 621 cm³/mol. The van der Waals surface area contributed by atoms with Crippen LogP contribution in [0.1, 0.15) is 41.5 Å². The van der Waals surface area contributed by atoms with Crippen LogP contribution in [0.25, 0.3) is 0 Å². The van der Waals surface area contributed by atoms with Gasteiger partial charge in [0.2, 0.25) is 5.60 Å². The summed E-state index contributed by atoms with van der Waals surface area (Å²) < 4.78 is 23.9. The van der Waals surface area contributed by atoms with E-state index < -0.39 is 64.7 Å². The van der Waals surface area contributed by atoms with E-state index in [1.54, 1.807) is 0 Å². The molecule has 0 saturated carbocycles. The maximum Gasteiger partial charge on any atom is 2.00 e. The average Bonchev–Trinajstić information content (AvgIpc) is 0.722. The van der Waals surface area contributed by atoms with Gasteiger partial charge in [-0.05, 0) is 241 Å². The quantitative estimate of drug-likeness (QED) is 0.0189. The van der Waals surface area contributed by atoms with Crippen molar-refractivity contribution in [2.75, 3.05) is 7.11 Å². The molecule has 20 heteroatoms. The predicted octanol–water partition coefficient (Wildman–Crippen LogP) is 22.6. The maximum absolute atomic E-state index is 12.7. The van der Waals surface area contributed by atoms with Gasteiger partial charge in [0.15, 0.2) is 5.78 Å². The minimum atomic E-state index is -2.50. The number of ether oxygens (including phenoxy) is 1. The van der Waals surface area contributed by atoms with Gasteiger partial charge >= 0.3 is 65.1 Å². The van der Waals surface area contributed by atoms with Crippen LogP contribution in [-0.4, -0.2) is 29.7 Å². The number of carbonyl (C=O) groups excluding carboxylic acids is 2. The van der Waals surface area contributed by atoms with Crippen LogP contribution >= 0.6 is 42.3 Å². The first-order chi connectivity index (χ1) is 72.4. The first-order valence-electron chi connectivity index (χ1n) is 47.5. The van der Waals surface area contributed by atoms with Crippen LogP contribution in [0.3, 0.4) is 0 Å². The normalized spacial score (nSPS) is 11.8. The molecule has 13 nitrogen and oxygen atoms in total. The molecule has 0 amide bonds. The third kappa shape index (κ3) is 25.7. The average molecular weight is 2100 g/mol. The molecule has 0 aliphatic heterocycles. The Bertz CT molecular complexity index is 6140. The Morgan fingerprint density at radius 1 is 0.221 bits per heavy atom. The Kier molecular flexibility index (Phi) is 43.4. The van der Waals surface area contributed by atoms with Gasteiger partial charge < -0.3 is 63.9 Å². The van der Waals surface area contributed by atoms with Gasteiger partial charge in [0.05, 0.1) is 103 Å². The number of esters is 1. The number of Topliss-reactive ketones (excluding diaryl/α,β-unsaturated/α-hetero) is 1. The van der Waals surface area contributed by atoms with E-state index in [2.05, 4.69) is 551 Å². The van der Waals surface area contributed by atoms with E-state index in [0.717, 1.165) is 0 Å². The second kappa shape index (κ2) is 56.2. The third-order valence-electron chi connectivity index (χ3n) is 24.6. The van der Waals surface area contributed by atoms with Crippen LogP contribution in [-0.2, 0) is 36.0 Å². The zero-order chi connectivity index (χ0) is 106. The Hall–Kier alpha value is -15.8. The molecule has 1 N–H and O–H groups in total. The van der Waals surface area contributed by atoms with Crippen LogP contribution in [0, 0.1) is 70.0 Å². The minimum Gasteiger partial charge on any atom is -0.512 e. The van der Waals surface area contributed by atoms with Crippen LogP contribution in [0.15, 0.2) is 569 Å². The molecule has 149 heavy (non-hydrogen) atoms. The fourth-order valence-corrected chi connectivity index (χ4v) is 46.5. The first-order valence-corrected chi connectivity index (χ1v) is 58.0. The summed E-state index contributed by atoms with van der Waals surface area (Å²) in [5.74, 6) is -0.924. The summed E-state index contributed by atoms with van der Waals surface area (Å²) in [6.07, 6.45) is 2.69. The molecule has 0 unspecified atom stereocenters. The van der Waals surface area contributed by atoms with Crippen LogP contribution in [0.2, 0.25) is 0 Å². The molecule has 19 rings (SSSR count). The molecule has 0 aromatic heterocycles. The van der Waals surface area contributed by atoms with E-state index in [1.165, 1.54) is 115 Å². The van der Waals surface area contributed by atoms with Crippen molar-refractivity contribution in [1.29, 1.82) is 26.3 Å². The number of carbonyl (C=O) groups is 2. The van der Waals surface area contributed by atoms with Gasteiger partial charge in [-0.15, -0.1) is 12.5 Å². The Morgan fingerprint density at radius 2 is 0.315 bits per heavy atom. The summed E-state index contributed by atoms with van der Waals surface area (Å²) in [4.78, 5) is 29.2. The molecule has 18 aromatic rings. The summed E-state index contributed by atoms with van der Waals surface area (Å²) in [7, 11) is -13.8. The third-order valence-corrected chi connectivity index (χ3v) is 49.9. The number of hydrogen-bond donors (Lipinski definition) is 1. The number of rotatable bonds is 20. The number of benzene rings is 18. The number of hydrogen-bond acceptors (Lipinski definition) is 10. The van der Waals surface area contributed by atoms with Gasteiger partial charge in [-0.2, -0.15) is 0 Å². The summed E-state index contributed by atoms with van der Waals surface area (Å²) in [5, 5.41) is 63.2. The SMILES string of the molecule is COC(=O)C1(OO)C=C(C(C)(C)C)C(=O)C(C(C)(C)C)=C1.[C-]#N.[C-]#N.[C-]#N.[C-]#N.[C-]#N.[Co+2].c1ccc(P(=[N+]=P(c2ccccc2)(c2ccccc2)c2ccccc2)(c2ccccc2)c2ccccc2)cc1.c1ccc(P(=[N+]=P(c2ccccc2)(c2ccccc2)c2ccccc2)(c2ccccc2)c2ccccc2)cc1.c1ccc(P(=[N+]=P(c2ccccc2)(c2ccccc2)c2ccccc2)(c2ccccc2)c2ccccc2)cc1. The zero-order valence-electron chi connectivity index (χ0n) is 83.8. The van der Waals surface area contributed by atoms with E-state index in [4.69, 9.17) is 76.4 Å². The zero-order valence-corrected chi connectivity index (χ0v) is 90.2. The summed E-state index contributed by atoms with van der Waals surface area (Å²) in [6, 6.07) is 197. The number of allylic oxidation sites excluding steroid dienone is 2. The molecular formula is C129H114CoN8O5P6. The number of nitrogens with zero attached hydrogens (tertiary/aromatic N) is 8. The van der Waals surface area contributed by atoms with E-state index in [-0.39, 0.29) is 22.6 Å². The summed E-state index contributed by atoms with van der Waals surface area (Å²) in [5.41, 5.74) is -1.96. The fourth-order valence-electron chi connectivity index (χ4n) is 18.0. The van der Waals surface area contributed by atoms with Crippen molar-refractivity contribution in [3.8, 4) is 0 Å². The molecule has 0 heterocycles. The number of ketones is 1. The second-order valence-electron chi connectivity index (χ2n) is 35.4. The van der Waals surface area contributed by atoms with Gasteiger partial charge in [-0.25, -0.2) is 14.9 Å². The van der Waals surface area contributed by atoms with E-state index in [1.807, 2.05) is 41.5 Å².